The third kappa shape index (κ3) is 2.53. The zero-order valence-corrected chi connectivity index (χ0v) is 8.52. The minimum atomic E-state index is -0.459. The molecule has 82 valence electrons. The van der Waals surface area contributed by atoms with Crippen LogP contribution in [0, 0.1) is 6.92 Å². The van der Waals surface area contributed by atoms with Crippen LogP contribution in [0.25, 0.3) is 0 Å². The maximum atomic E-state index is 11.4. The van der Waals surface area contributed by atoms with E-state index >= 15 is 0 Å². The Morgan fingerprint density at radius 2 is 2.27 bits per heavy atom. The third-order valence-corrected chi connectivity index (χ3v) is 2.35. The van der Waals surface area contributed by atoms with Crippen molar-refractivity contribution < 1.29 is 14.2 Å². The van der Waals surface area contributed by atoms with Crippen LogP contribution in [0.2, 0.25) is 0 Å². The highest BCUT2D eigenvalue weighted by atomic mass is 16.7. The zero-order valence-electron chi connectivity index (χ0n) is 8.52. The molecule has 0 unspecified atom stereocenters. The molecular weight excluding hydrogens is 198 g/mol. The van der Waals surface area contributed by atoms with Gasteiger partial charge in [-0.3, -0.25) is 9.63 Å². The van der Waals surface area contributed by atoms with Gasteiger partial charge in [0.1, 0.15) is 0 Å². The molecule has 15 heavy (non-hydrogen) atoms. The summed E-state index contributed by atoms with van der Waals surface area (Å²) < 4.78 is 4.68. The Labute approximate surface area is 86.9 Å². The van der Waals surface area contributed by atoms with Crippen LogP contribution < -0.4 is 5.48 Å². The molecule has 1 aliphatic rings. The van der Waals surface area contributed by atoms with Crippen molar-refractivity contribution in [1.29, 1.82) is 0 Å². The number of nitrogens with one attached hydrogen (secondary N) is 1. The molecule has 1 saturated carbocycles. The zero-order chi connectivity index (χ0) is 10.7. The number of carbonyl (C=O) groups excluding carboxylic acids is 1. The molecular formula is C9H13N3O3. The molecule has 1 N–H and O–H groups in total. The maximum Gasteiger partial charge on any atom is 0.316 e. The molecule has 0 bridgehead atoms. The molecule has 0 saturated heterocycles. The topological polar surface area (TPSA) is 77.2 Å². The van der Waals surface area contributed by atoms with Gasteiger partial charge in [-0.05, 0) is 12.8 Å². The van der Waals surface area contributed by atoms with Crippen molar-refractivity contribution in [2.45, 2.75) is 38.7 Å². The number of carbonyl (C=O) groups is 1. The van der Waals surface area contributed by atoms with Gasteiger partial charge in [-0.1, -0.05) is 18.0 Å². The SMILES string of the molecule is Cc1nc(C(=O)NOC2CCCC2)no1. The van der Waals surface area contributed by atoms with Crippen LogP contribution >= 0.6 is 0 Å². The smallest absolute Gasteiger partial charge is 0.316 e. The van der Waals surface area contributed by atoms with Gasteiger partial charge in [-0.2, -0.15) is 4.98 Å². The molecule has 1 aromatic heterocycles. The number of hydrogen-bond acceptors (Lipinski definition) is 5. The van der Waals surface area contributed by atoms with Crippen molar-refractivity contribution in [3.05, 3.63) is 11.7 Å². The summed E-state index contributed by atoms with van der Waals surface area (Å²) in [5.41, 5.74) is 2.33. The van der Waals surface area contributed by atoms with Gasteiger partial charge in [0, 0.05) is 6.92 Å². The average molecular weight is 211 g/mol. The molecule has 0 radical (unpaired) electrons. The van der Waals surface area contributed by atoms with Crippen LogP contribution in [-0.4, -0.2) is 22.2 Å². The van der Waals surface area contributed by atoms with Crippen LogP contribution in [0.1, 0.15) is 42.2 Å². The van der Waals surface area contributed by atoms with E-state index in [1.165, 1.54) is 0 Å². The lowest BCUT2D eigenvalue weighted by atomic mass is 10.3. The molecule has 6 heteroatoms. The van der Waals surface area contributed by atoms with E-state index < -0.39 is 5.91 Å². The Balaban J connectivity index is 1.81. The fourth-order valence-corrected chi connectivity index (χ4v) is 1.58. The first kappa shape index (κ1) is 10.1. The highest BCUT2D eigenvalue weighted by Crippen LogP contribution is 2.19. The predicted molar refractivity (Wildman–Crippen MR) is 49.8 cm³/mol. The van der Waals surface area contributed by atoms with Crippen LogP contribution in [0.3, 0.4) is 0 Å². The number of hydroxylamine groups is 1. The Morgan fingerprint density at radius 3 is 2.87 bits per heavy atom. The van der Waals surface area contributed by atoms with Gasteiger partial charge in [0.05, 0.1) is 6.10 Å². The van der Waals surface area contributed by atoms with Gasteiger partial charge in [-0.25, -0.2) is 5.48 Å². The van der Waals surface area contributed by atoms with Gasteiger partial charge in [0.15, 0.2) is 0 Å². The molecule has 1 heterocycles. The Morgan fingerprint density at radius 1 is 1.53 bits per heavy atom. The second-order valence-corrected chi connectivity index (χ2v) is 3.59. The quantitative estimate of drug-likeness (QED) is 0.754. The molecule has 2 rings (SSSR count). The monoisotopic (exact) mass is 211 g/mol. The summed E-state index contributed by atoms with van der Waals surface area (Å²) in [7, 11) is 0. The van der Waals surface area contributed by atoms with E-state index in [4.69, 9.17) is 4.84 Å². The number of aromatic nitrogens is 2. The number of nitrogens with zero attached hydrogens (tertiary/aromatic N) is 2. The van der Waals surface area contributed by atoms with Crippen LogP contribution in [0.5, 0.6) is 0 Å². The summed E-state index contributed by atoms with van der Waals surface area (Å²) in [6.07, 6.45) is 4.42. The fraction of sp³-hybridized carbons (Fsp3) is 0.667. The molecule has 0 atom stereocenters. The summed E-state index contributed by atoms with van der Waals surface area (Å²) >= 11 is 0. The second-order valence-electron chi connectivity index (χ2n) is 3.59. The molecule has 1 amide bonds. The first-order valence-corrected chi connectivity index (χ1v) is 5.02. The standard InChI is InChI=1S/C9H13N3O3/c1-6-10-8(11-14-6)9(13)12-15-7-4-2-3-5-7/h7H,2-5H2,1H3,(H,12,13). The van der Waals surface area contributed by atoms with Crippen LogP contribution in [-0.2, 0) is 4.84 Å². The number of amides is 1. The number of rotatable bonds is 3. The van der Waals surface area contributed by atoms with E-state index in [9.17, 15) is 4.79 Å². The first-order valence-electron chi connectivity index (χ1n) is 5.02. The first-order chi connectivity index (χ1) is 7.25. The highest BCUT2D eigenvalue weighted by molar-refractivity contribution is 5.89. The summed E-state index contributed by atoms with van der Waals surface area (Å²) in [5, 5.41) is 3.48. The maximum absolute atomic E-state index is 11.4. The lowest BCUT2D eigenvalue weighted by molar-refractivity contribution is -0.0132. The third-order valence-electron chi connectivity index (χ3n) is 2.35. The Hall–Kier alpha value is -1.43. The molecule has 0 aliphatic heterocycles. The summed E-state index contributed by atoms with van der Waals surface area (Å²) in [6.45, 7) is 1.63. The minimum Gasteiger partial charge on any atom is -0.339 e. The van der Waals surface area contributed by atoms with E-state index in [2.05, 4.69) is 20.1 Å². The van der Waals surface area contributed by atoms with Gasteiger partial charge >= 0.3 is 5.91 Å². The predicted octanol–water partition coefficient (Wildman–Crippen LogP) is 0.982. The lowest BCUT2D eigenvalue weighted by Gasteiger charge is -2.09. The van der Waals surface area contributed by atoms with Gasteiger partial charge in [0.25, 0.3) is 5.82 Å². The molecule has 1 fully saturated rings. The van der Waals surface area contributed by atoms with Gasteiger partial charge in [0.2, 0.25) is 5.89 Å². The molecule has 0 aromatic carbocycles. The van der Waals surface area contributed by atoms with Crippen molar-refractivity contribution in [1.82, 2.24) is 15.6 Å². The lowest BCUT2D eigenvalue weighted by Crippen LogP contribution is -2.29. The Kier molecular flexibility index (Phi) is 2.96. The van der Waals surface area contributed by atoms with Crippen molar-refractivity contribution in [2.75, 3.05) is 0 Å². The normalized spacial score (nSPS) is 16.9. The van der Waals surface area contributed by atoms with E-state index in [1.54, 1.807) is 6.92 Å². The average Bonchev–Trinajstić information content (AvgIpc) is 2.84. The van der Waals surface area contributed by atoms with Crippen molar-refractivity contribution >= 4 is 5.91 Å². The van der Waals surface area contributed by atoms with Crippen molar-refractivity contribution in [3.8, 4) is 0 Å². The van der Waals surface area contributed by atoms with Gasteiger partial charge in [-0.15, -0.1) is 0 Å². The summed E-state index contributed by atoms with van der Waals surface area (Å²) in [6, 6.07) is 0. The number of aryl methyl sites for hydroxylation is 1. The largest absolute Gasteiger partial charge is 0.339 e. The van der Waals surface area contributed by atoms with Crippen molar-refractivity contribution in [3.63, 3.8) is 0 Å². The van der Waals surface area contributed by atoms with Crippen molar-refractivity contribution in [2.24, 2.45) is 0 Å². The molecule has 0 spiro atoms. The number of hydrogen-bond donors (Lipinski definition) is 1. The minimum absolute atomic E-state index is 0.00509. The van der Waals surface area contributed by atoms with E-state index in [0.29, 0.717) is 5.89 Å². The van der Waals surface area contributed by atoms with Crippen LogP contribution in [0.15, 0.2) is 4.52 Å². The highest BCUT2D eigenvalue weighted by Gasteiger charge is 2.19. The summed E-state index contributed by atoms with van der Waals surface area (Å²) in [5.74, 6) is -0.0923. The second kappa shape index (κ2) is 4.39. The fourth-order valence-electron chi connectivity index (χ4n) is 1.58. The molecule has 6 nitrogen and oxygen atoms in total. The summed E-state index contributed by atoms with van der Waals surface area (Å²) in [4.78, 5) is 20.4. The molecule has 1 aliphatic carbocycles. The van der Waals surface area contributed by atoms with E-state index in [-0.39, 0.29) is 11.9 Å². The van der Waals surface area contributed by atoms with E-state index in [1.807, 2.05) is 0 Å². The van der Waals surface area contributed by atoms with Crippen LogP contribution in [0.4, 0.5) is 0 Å². The molecule has 1 aromatic rings. The van der Waals surface area contributed by atoms with Gasteiger partial charge < -0.3 is 4.52 Å². The van der Waals surface area contributed by atoms with E-state index in [0.717, 1.165) is 25.7 Å². The Bertz CT molecular complexity index is 344.